The van der Waals surface area contributed by atoms with Gasteiger partial charge in [0, 0.05) is 13.1 Å². The lowest BCUT2D eigenvalue weighted by molar-refractivity contribution is 0.0177. The van der Waals surface area contributed by atoms with Gasteiger partial charge in [0.25, 0.3) is 0 Å². The molecule has 1 heterocycles. The van der Waals surface area contributed by atoms with E-state index in [2.05, 4.69) is 24.3 Å². The Morgan fingerprint density at radius 1 is 1.10 bits per heavy atom. The van der Waals surface area contributed by atoms with Crippen LogP contribution in [0, 0.1) is 5.92 Å². The van der Waals surface area contributed by atoms with Crippen LogP contribution in [0.5, 0.6) is 5.75 Å². The van der Waals surface area contributed by atoms with Gasteiger partial charge in [0.05, 0.1) is 12.7 Å². The van der Waals surface area contributed by atoms with Crippen LogP contribution in [0.2, 0.25) is 0 Å². The maximum absolute atomic E-state index is 12.1. The summed E-state index contributed by atoms with van der Waals surface area (Å²) in [4.78, 5) is 14.0. The van der Waals surface area contributed by atoms with Gasteiger partial charge in [-0.05, 0) is 88.8 Å². The molecule has 2 atom stereocenters. The van der Waals surface area contributed by atoms with E-state index in [1.165, 1.54) is 12.0 Å². The van der Waals surface area contributed by atoms with Crippen molar-refractivity contribution >= 4 is 6.09 Å². The van der Waals surface area contributed by atoms with Gasteiger partial charge in [0.15, 0.2) is 0 Å². The Balaban J connectivity index is 1.36. The van der Waals surface area contributed by atoms with Crippen molar-refractivity contribution < 1.29 is 19.4 Å². The molecule has 2 aliphatic rings. The second-order valence-corrected chi connectivity index (χ2v) is 9.63. The quantitative estimate of drug-likeness (QED) is 0.741. The lowest BCUT2D eigenvalue weighted by atomic mass is 9.82. The Kier molecular flexibility index (Phi) is 7.44. The molecule has 2 fully saturated rings. The summed E-state index contributed by atoms with van der Waals surface area (Å²) >= 11 is 0. The molecule has 0 bridgehead atoms. The lowest BCUT2D eigenvalue weighted by Crippen LogP contribution is -2.41. The zero-order valence-corrected chi connectivity index (χ0v) is 18.2. The van der Waals surface area contributed by atoms with Crippen molar-refractivity contribution in [3.05, 3.63) is 29.8 Å². The largest absolute Gasteiger partial charge is 0.494 e. The highest BCUT2D eigenvalue weighted by atomic mass is 16.6. The van der Waals surface area contributed by atoms with E-state index in [4.69, 9.17) is 9.47 Å². The summed E-state index contributed by atoms with van der Waals surface area (Å²) in [5.41, 5.74) is 0.874. The number of carbonyl (C=O) groups excluding carboxylic acids is 1. The number of aliphatic hydroxyl groups is 1. The SMILES string of the molecule is CC(C)(C)OC(=O)N1CCC(CCOc2ccc(C3CCCC(O)C3)cc2)CC1. The van der Waals surface area contributed by atoms with Crippen molar-refractivity contribution in [1.29, 1.82) is 0 Å². The Bertz CT molecular complexity index is 644. The fourth-order valence-electron chi connectivity index (χ4n) is 4.38. The standard InChI is InChI=1S/C24H37NO4/c1-24(2,3)29-23(27)25-14-11-18(12-15-25)13-16-28-22-9-7-19(8-10-22)20-5-4-6-21(26)17-20/h7-10,18,20-21,26H,4-6,11-17H2,1-3H3. The fourth-order valence-corrected chi connectivity index (χ4v) is 4.38. The van der Waals surface area contributed by atoms with Gasteiger partial charge in [0.1, 0.15) is 11.4 Å². The van der Waals surface area contributed by atoms with Crippen LogP contribution in [0.3, 0.4) is 0 Å². The van der Waals surface area contributed by atoms with Gasteiger partial charge in [-0.25, -0.2) is 4.79 Å². The van der Waals surface area contributed by atoms with Crippen LogP contribution in [0.4, 0.5) is 4.79 Å². The Labute approximate surface area is 175 Å². The van der Waals surface area contributed by atoms with Crippen molar-refractivity contribution in [2.24, 2.45) is 5.92 Å². The van der Waals surface area contributed by atoms with Gasteiger partial charge in [-0.15, -0.1) is 0 Å². The van der Waals surface area contributed by atoms with Gasteiger partial charge >= 0.3 is 6.09 Å². The zero-order chi connectivity index (χ0) is 20.9. The van der Waals surface area contributed by atoms with Crippen LogP contribution in [-0.2, 0) is 4.74 Å². The Hall–Kier alpha value is -1.75. The highest BCUT2D eigenvalue weighted by molar-refractivity contribution is 5.68. The first-order valence-electron chi connectivity index (χ1n) is 11.2. The lowest BCUT2D eigenvalue weighted by Gasteiger charge is -2.33. The number of rotatable bonds is 5. The predicted octanol–water partition coefficient (Wildman–Crippen LogP) is 5.12. The molecule has 1 N–H and O–H groups in total. The first-order valence-corrected chi connectivity index (χ1v) is 11.2. The first-order chi connectivity index (χ1) is 13.8. The number of ether oxygens (including phenoxy) is 2. The summed E-state index contributed by atoms with van der Waals surface area (Å²) in [6.45, 7) is 7.95. The molecule has 2 unspecified atom stereocenters. The van der Waals surface area contributed by atoms with Gasteiger partial charge in [0.2, 0.25) is 0 Å². The molecular formula is C24H37NO4. The molecule has 0 spiro atoms. The molecule has 5 heteroatoms. The molecule has 5 nitrogen and oxygen atoms in total. The smallest absolute Gasteiger partial charge is 0.410 e. The summed E-state index contributed by atoms with van der Waals surface area (Å²) in [6, 6.07) is 8.41. The van der Waals surface area contributed by atoms with E-state index in [1.807, 2.05) is 25.7 Å². The minimum atomic E-state index is -0.436. The average molecular weight is 404 g/mol. The Morgan fingerprint density at radius 2 is 1.79 bits per heavy atom. The molecule has 0 aromatic heterocycles. The maximum Gasteiger partial charge on any atom is 0.410 e. The third-order valence-corrected chi connectivity index (χ3v) is 6.06. The summed E-state index contributed by atoms with van der Waals surface area (Å²) < 4.78 is 11.4. The van der Waals surface area contributed by atoms with Crippen LogP contribution < -0.4 is 4.74 Å². The number of aliphatic hydroxyl groups excluding tert-OH is 1. The monoisotopic (exact) mass is 403 g/mol. The average Bonchev–Trinajstić information content (AvgIpc) is 2.68. The van der Waals surface area contributed by atoms with E-state index >= 15 is 0 Å². The highest BCUT2D eigenvalue weighted by Gasteiger charge is 2.27. The summed E-state index contributed by atoms with van der Waals surface area (Å²) in [5.74, 6) is 1.98. The summed E-state index contributed by atoms with van der Waals surface area (Å²) in [7, 11) is 0. The molecule has 1 amide bonds. The van der Waals surface area contributed by atoms with E-state index in [0.717, 1.165) is 57.4 Å². The van der Waals surface area contributed by atoms with Crippen LogP contribution in [0.15, 0.2) is 24.3 Å². The number of hydrogen-bond donors (Lipinski definition) is 1. The normalized spacial score (nSPS) is 23.7. The molecule has 0 radical (unpaired) electrons. The number of carbonyl (C=O) groups is 1. The highest BCUT2D eigenvalue weighted by Crippen LogP contribution is 2.33. The minimum Gasteiger partial charge on any atom is -0.494 e. The minimum absolute atomic E-state index is 0.147. The summed E-state index contributed by atoms with van der Waals surface area (Å²) in [5, 5.41) is 9.88. The van der Waals surface area contributed by atoms with E-state index < -0.39 is 5.60 Å². The van der Waals surface area contributed by atoms with E-state index in [9.17, 15) is 9.90 Å². The molecule has 1 saturated heterocycles. The second-order valence-electron chi connectivity index (χ2n) is 9.63. The molecular weight excluding hydrogens is 366 g/mol. The van der Waals surface area contributed by atoms with E-state index in [0.29, 0.717) is 18.4 Å². The molecule has 1 aromatic rings. The molecule has 1 aromatic carbocycles. The van der Waals surface area contributed by atoms with Gasteiger partial charge in [-0.1, -0.05) is 18.6 Å². The number of benzene rings is 1. The van der Waals surface area contributed by atoms with Crippen LogP contribution in [0.1, 0.15) is 77.2 Å². The third-order valence-electron chi connectivity index (χ3n) is 6.06. The second kappa shape index (κ2) is 9.84. The van der Waals surface area contributed by atoms with Gasteiger partial charge < -0.3 is 19.5 Å². The van der Waals surface area contributed by atoms with Gasteiger partial charge in [-0.2, -0.15) is 0 Å². The summed E-state index contributed by atoms with van der Waals surface area (Å²) in [6.07, 6.45) is 6.77. The molecule has 1 aliphatic heterocycles. The fraction of sp³-hybridized carbons (Fsp3) is 0.708. The van der Waals surface area contributed by atoms with Crippen molar-refractivity contribution in [2.75, 3.05) is 19.7 Å². The maximum atomic E-state index is 12.1. The molecule has 1 saturated carbocycles. The number of nitrogens with zero attached hydrogens (tertiary/aromatic N) is 1. The van der Waals surface area contributed by atoms with E-state index in [-0.39, 0.29) is 12.2 Å². The molecule has 3 rings (SSSR count). The van der Waals surface area contributed by atoms with Crippen molar-refractivity contribution in [1.82, 2.24) is 4.90 Å². The number of likely N-dealkylation sites (tertiary alicyclic amines) is 1. The van der Waals surface area contributed by atoms with Crippen molar-refractivity contribution in [2.45, 2.75) is 83.3 Å². The number of hydrogen-bond acceptors (Lipinski definition) is 4. The number of piperidine rings is 1. The molecule has 29 heavy (non-hydrogen) atoms. The van der Waals surface area contributed by atoms with Crippen molar-refractivity contribution in [3.8, 4) is 5.75 Å². The topological polar surface area (TPSA) is 59.0 Å². The third kappa shape index (κ3) is 6.91. The predicted molar refractivity (Wildman–Crippen MR) is 114 cm³/mol. The van der Waals surface area contributed by atoms with Crippen molar-refractivity contribution in [3.63, 3.8) is 0 Å². The molecule has 1 aliphatic carbocycles. The Morgan fingerprint density at radius 3 is 2.41 bits per heavy atom. The molecule has 162 valence electrons. The van der Waals surface area contributed by atoms with Crippen LogP contribution in [0.25, 0.3) is 0 Å². The first kappa shape index (κ1) is 21.9. The number of amides is 1. The zero-order valence-electron chi connectivity index (χ0n) is 18.2. The van der Waals surface area contributed by atoms with Crippen LogP contribution in [-0.4, -0.2) is 47.5 Å². The van der Waals surface area contributed by atoms with Gasteiger partial charge in [-0.3, -0.25) is 0 Å². The van der Waals surface area contributed by atoms with E-state index in [1.54, 1.807) is 0 Å². The van der Waals surface area contributed by atoms with Crippen LogP contribution >= 0.6 is 0 Å².